The Morgan fingerprint density at radius 1 is 0.667 bits per heavy atom. The van der Waals surface area contributed by atoms with E-state index >= 15 is 0 Å². The molecule has 33 heavy (non-hydrogen) atoms. The van der Waals surface area contributed by atoms with Crippen molar-refractivity contribution in [3.05, 3.63) is 0 Å². The number of nitrogens with one attached hydrogen (secondary N) is 1. The Bertz CT molecular complexity index is 460. The summed E-state index contributed by atoms with van der Waals surface area (Å²) in [5, 5.41) is 10.6. The first-order valence-corrected chi connectivity index (χ1v) is 13.0. The van der Waals surface area contributed by atoms with Gasteiger partial charge in [-0.25, -0.2) is 4.79 Å². The first kappa shape index (κ1) is 33.3. The van der Waals surface area contributed by atoms with Gasteiger partial charge < -0.3 is 25.6 Å². The van der Waals surface area contributed by atoms with Crippen molar-refractivity contribution in [3.8, 4) is 0 Å². The Kier molecular flexibility index (Phi) is 28.5. The number of amides is 1. The summed E-state index contributed by atoms with van der Waals surface area (Å²) in [7, 11) is 0. The molecule has 8 nitrogen and oxygen atoms in total. The van der Waals surface area contributed by atoms with Crippen LogP contribution in [0.4, 0.5) is 4.79 Å². The van der Waals surface area contributed by atoms with Gasteiger partial charge in [0.25, 0.3) is 0 Å². The molecule has 0 aliphatic carbocycles. The number of carboxylic acid groups (broad SMARTS) is 1. The molecule has 0 fully saturated rings. The van der Waals surface area contributed by atoms with Crippen molar-refractivity contribution < 1.29 is 29.0 Å². The average Bonchev–Trinajstić information content (AvgIpc) is 2.79. The zero-order valence-corrected chi connectivity index (χ0v) is 21.2. The van der Waals surface area contributed by atoms with Crippen molar-refractivity contribution in [2.45, 2.75) is 117 Å². The van der Waals surface area contributed by atoms with Gasteiger partial charge >= 0.3 is 18.0 Å². The van der Waals surface area contributed by atoms with E-state index in [1.54, 1.807) is 0 Å². The standard InChI is InChI=1S/C13H25NO4.C12H25NO2/c1-2-3-4-8-11-18-12(15)9-6-5-7-10-14-13(16)17;1-2-3-4-8-11-15-12(14)9-6-5-7-10-13/h14H,2-11H2,1H3,(H,16,17);2-11,13H2,1H3. The van der Waals surface area contributed by atoms with Gasteiger partial charge in [-0.15, -0.1) is 0 Å². The normalized spacial score (nSPS) is 10.2. The van der Waals surface area contributed by atoms with Gasteiger partial charge in [-0.3, -0.25) is 9.59 Å². The van der Waals surface area contributed by atoms with Crippen LogP contribution in [0.1, 0.15) is 117 Å². The predicted octanol–water partition coefficient (Wildman–Crippen LogP) is 5.57. The van der Waals surface area contributed by atoms with Crippen molar-refractivity contribution in [1.29, 1.82) is 0 Å². The summed E-state index contributed by atoms with van der Waals surface area (Å²) in [6.07, 6.45) is 14.3. The largest absolute Gasteiger partial charge is 0.466 e. The van der Waals surface area contributed by atoms with Crippen molar-refractivity contribution in [2.24, 2.45) is 5.73 Å². The molecule has 0 aromatic rings. The summed E-state index contributed by atoms with van der Waals surface area (Å²) in [6.45, 7) is 6.59. The van der Waals surface area contributed by atoms with E-state index in [9.17, 15) is 14.4 Å². The van der Waals surface area contributed by atoms with Gasteiger partial charge in [0, 0.05) is 19.4 Å². The number of ether oxygens (including phenoxy) is 2. The fourth-order valence-electron chi connectivity index (χ4n) is 2.93. The highest BCUT2D eigenvalue weighted by molar-refractivity contribution is 5.69. The van der Waals surface area contributed by atoms with E-state index < -0.39 is 6.09 Å². The molecule has 1 amide bonds. The highest BCUT2D eigenvalue weighted by atomic mass is 16.5. The minimum Gasteiger partial charge on any atom is -0.466 e. The maximum atomic E-state index is 11.3. The van der Waals surface area contributed by atoms with Crippen molar-refractivity contribution in [3.63, 3.8) is 0 Å². The minimum absolute atomic E-state index is 0.0523. The molecule has 0 unspecified atom stereocenters. The van der Waals surface area contributed by atoms with Crippen molar-refractivity contribution in [1.82, 2.24) is 5.32 Å². The van der Waals surface area contributed by atoms with Crippen molar-refractivity contribution in [2.75, 3.05) is 26.3 Å². The smallest absolute Gasteiger partial charge is 0.404 e. The van der Waals surface area contributed by atoms with E-state index in [-0.39, 0.29) is 11.9 Å². The number of carbonyl (C=O) groups is 3. The van der Waals surface area contributed by atoms with Crippen LogP contribution >= 0.6 is 0 Å². The lowest BCUT2D eigenvalue weighted by Crippen LogP contribution is -2.21. The van der Waals surface area contributed by atoms with Gasteiger partial charge in [0.15, 0.2) is 0 Å². The highest BCUT2D eigenvalue weighted by Gasteiger charge is 2.03. The summed E-state index contributed by atoms with van der Waals surface area (Å²) in [4.78, 5) is 32.6. The Hall–Kier alpha value is -1.83. The van der Waals surface area contributed by atoms with Crippen LogP contribution in [-0.2, 0) is 19.1 Å². The molecule has 4 N–H and O–H groups in total. The molecular weight excluding hydrogens is 424 g/mol. The zero-order chi connectivity index (χ0) is 25.0. The summed E-state index contributed by atoms with van der Waals surface area (Å²) in [5.41, 5.74) is 5.36. The second kappa shape index (κ2) is 28.2. The fraction of sp³-hybridized carbons (Fsp3) is 0.880. The third-order valence-corrected chi connectivity index (χ3v) is 4.94. The van der Waals surface area contributed by atoms with Gasteiger partial charge in [-0.2, -0.15) is 0 Å². The SMILES string of the molecule is CCCCCCOC(=O)CCCCCN.CCCCCCOC(=O)CCCCCNC(=O)O. The molecule has 0 saturated heterocycles. The second-order valence-electron chi connectivity index (χ2n) is 8.20. The molecule has 0 saturated carbocycles. The number of rotatable bonds is 21. The van der Waals surface area contributed by atoms with E-state index in [0.717, 1.165) is 64.2 Å². The van der Waals surface area contributed by atoms with Crippen LogP contribution < -0.4 is 11.1 Å². The number of hydrogen-bond donors (Lipinski definition) is 3. The monoisotopic (exact) mass is 474 g/mol. The summed E-state index contributed by atoms with van der Waals surface area (Å²) >= 11 is 0. The third-order valence-electron chi connectivity index (χ3n) is 4.94. The minimum atomic E-state index is -0.999. The molecule has 196 valence electrons. The molecule has 0 aliphatic heterocycles. The number of unbranched alkanes of at least 4 members (excludes halogenated alkanes) is 10. The lowest BCUT2D eigenvalue weighted by Gasteiger charge is -2.04. The molecule has 0 aromatic carbocycles. The second-order valence-corrected chi connectivity index (χ2v) is 8.20. The predicted molar refractivity (Wildman–Crippen MR) is 132 cm³/mol. The van der Waals surface area contributed by atoms with Crippen LogP contribution in [0.2, 0.25) is 0 Å². The molecule has 0 spiro atoms. The number of esters is 2. The maximum absolute atomic E-state index is 11.3. The quantitative estimate of drug-likeness (QED) is 0.147. The average molecular weight is 475 g/mol. The summed E-state index contributed by atoms with van der Waals surface area (Å²) in [6, 6.07) is 0. The molecule has 0 aliphatic rings. The van der Waals surface area contributed by atoms with Crippen LogP contribution in [-0.4, -0.2) is 49.4 Å². The van der Waals surface area contributed by atoms with Crippen molar-refractivity contribution >= 4 is 18.0 Å². The van der Waals surface area contributed by atoms with Gasteiger partial charge in [-0.05, 0) is 45.1 Å². The van der Waals surface area contributed by atoms with Crippen LogP contribution in [0, 0.1) is 0 Å². The molecule has 0 aromatic heterocycles. The van der Waals surface area contributed by atoms with E-state index in [1.165, 1.54) is 25.7 Å². The third kappa shape index (κ3) is 32.4. The zero-order valence-electron chi connectivity index (χ0n) is 21.2. The van der Waals surface area contributed by atoms with Crippen LogP contribution in [0.5, 0.6) is 0 Å². The van der Waals surface area contributed by atoms with Crippen LogP contribution in [0.3, 0.4) is 0 Å². The highest BCUT2D eigenvalue weighted by Crippen LogP contribution is 2.04. The fourth-order valence-corrected chi connectivity index (χ4v) is 2.93. The lowest BCUT2D eigenvalue weighted by atomic mass is 10.2. The molecule has 0 atom stereocenters. The number of nitrogens with two attached hydrogens (primary N) is 1. The first-order chi connectivity index (χ1) is 16.0. The Labute approximate surface area is 201 Å². The van der Waals surface area contributed by atoms with Gasteiger partial charge in [0.05, 0.1) is 13.2 Å². The van der Waals surface area contributed by atoms with E-state index in [2.05, 4.69) is 19.2 Å². The van der Waals surface area contributed by atoms with Gasteiger partial charge in [-0.1, -0.05) is 65.2 Å². The lowest BCUT2D eigenvalue weighted by molar-refractivity contribution is -0.144. The van der Waals surface area contributed by atoms with Gasteiger partial charge in [0.1, 0.15) is 0 Å². The van der Waals surface area contributed by atoms with E-state index in [1.807, 2.05) is 0 Å². The molecule has 0 heterocycles. The number of hydrogen-bond acceptors (Lipinski definition) is 6. The molecule has 0 bridgehead atoms. The topological polar surface area (TPSA) is 128 Å². The first-order valence-electron chi connectivity index (χ1n) is 13.0. The Balaban J connectivity index is 0. The Morgan fingerprint density at radius 3 is 1.55 bits per heavy atom. The summed E-state index contributed by atoms with van der Waals surface area (Å²) in [5.74, 6) is -0.193. The molecule has 8 heteroatoms. The molecule has 0 rings (SSSR count). The summed E-state index contributed by atoms with van der Waals surface area (Å²) < 4.78 is 10.2. The van der Waals surface area contributed by atoms with Crippen LogP contribution in [0.25, 0.3) is 0 Å². The Morgan fingerprint density at radius 2 is 1.12 bits per heavy atom. The maximum Gasteiger partial charge on any atom is 0.404 e. The molecule has 0 radical (unpaired) electrons. The molecular formula is C25H50N2O6. The number of carbonyl (C=O) groups excluding carboxylic acids is 2. The van der Waals surface area contributed by atoms with Crippen LogP contribution in [0.15, 0.2) is 0 Å². The van der Waals surface area contributed by atoms with E-state index in [4.69, 9.17) is 20.3 Å². The van der Waals surface area contributed by atoms with Gasteiger partial charge in [0.2, 0.25) is 0 Å². The van der Waals surface area contributed by atoms with E-state index in [0.29, 0.717) is 39.1 Å².